The van der Waals surface area contributed by atoms with Crippen LogP contribution in [0.3, 0.4) is 0 Å². The highest BCUT2D eigenvalue weighted by Gasteiger charge is 2.30. The minimum absolute atomic E-state index is 0.00212. The second-order valence-electron chi connectivity index (χ2n) is 4.92. The van der Waals surface area contributed by atoms with Gasteiger partial charge in [0, 0.05) is 12.6 Å². The Kier molecular flexibility index (Phi) is 4.12. The molecule has 1 aromatic carbocycles. The number of benzene rings is 1. The van der Waals surface area contributed by atoms with Crippen molar-refractivity contribution in [1.29, 1.82) is 0 Å². The Morgan fingerprint density at radius 1 is 1.25 bits per heavy atom. The average molecular weight is 279 g/mol. The van der Waals surface area contributed by atoms with Crippen LogP contribution < -0.4 is 0 Å². The number of phenolic OH excluding ortho intramolecular Hbond substituents is 2. The van der Waals surface area contributed by atoms with Crippen LogP contribution in [0.4, 0.5) is 0 Å². The Morgan fingerprint density at radius 3 is 2.70 bits per heavy atom. The van der Waals surface area contributed by atoms with E-state index in [-0.39, 0.29) is 23.8 Å². The number of amides is 1. The predicted molar refractivity (Wildman–Crippen MR) is 70.7 cm³/mol. The summed E-state index contributed by atoms with van der Waals surface area (Å²) in [6.45, 7) is 0.464. The van der Waals surface area contributed by atoms with Crippen molar-refractivity contribution in [2.24, 2.45) is 0 Å². The summed E-state index contributed by atoms with van der Waals surface area (Å²) >= 11 is 0. The molecule has 1 saturated heterocycles. The van der Waals surface area contributed by atoms with Crippen LogP contribution in [0.25, 0.3) is 0 Å². The van der Waals surface area contributed by atoms with Gasteiger partial charge in [-0.3, -0.25) is 9.59 Å². The van der Waals surface area contributed by atoms with E-state index in [1.165, 1.54) is 23.1 Å². The number of rotatable bonds is 3. The number of carbonyl (C=O) groups excluding carboxylic acids is 1. The van der Waals surface area contributed by atoms with E-state index in [0.717, 1.165) is 12.8 Å². The molecule has 0 bridgehead atoms. The molecule has 0 radical (unpaired) electrons. The summed E-state index contributed by atoms with van der Waals surface area (Å²) in [6, 6.07) is 3.81. The van der Waals surface area contributed by atoms with Crippen LogP contribution >= 0.6 is 0 Å². The first-order chi connectivity index (χ1) is 9.50. The van der Waals surface area contributed by atoms with Gasteiger partial charge < -0.3 is 20.2 Å². The summed E-state index contributed by atoms with van der Waals surface area (Å²) in [5, 5.41) is 28.1. The van der Waals surface area contributed by atoms with Gasteiger partial charge in [-0.25, -0.2) is 0 Å². The largest absolute Gasteiger partial charge is 0.504 e. The third kappa shape index (κ3) is 2.84. The molecular formula is C14H17NO5. The second kappa shape index (κ2) is 5.81. The zero-order chi connectivity index (χ0) is 14.7. The van der Waals surface area contributed by atoms with Gasteiger partial charge >= 0.3 is 5.97 Å². The maximum Gasteiger partial charge on any atom is 0.305 e. The van der Waals surface area contributed by atoms with Gasteiger partial charge in [0.1, 0.15) is 0 Å². The lowest BCUT2D eigenvalue weighted by Crippen LogP contribution is -2.44. The highest BCUT2D eigenvalue weighted by molar-refractivity contribution is 5.98. The van der Waals surface area contributed by atoms with Gasteiger partial charge in [-0.2, -0.15) is 0 Å². The topological polar surface area (TPSA) is 98.1 Å². The fourth-order valence-electron chi connectivity index (χ4n) is 2.54. The standard InChI is InChI=1S/C14H17NO5/c16-11-6-3-5-10(13(11)19)14(20)15-7-2-1-4-9(15)8-12(17)18/h3,5-6,9,16,19H,1-2,4,7-8H2,(H,17,18). The van der Waals surface area contributed by atoms with E-state index >= 15 is 0 Å². The molecule has 1 aliphatic rings. The molecule has 0 aliphatic carbocycles. The first-order valence-electron chi connectivity index (χ1n) is 6.54. The number of hydrogen-bond donors (Lipinski definition) is 3. The van der Waals surface area contributed by atoms with Crippen LogP contribution in [0, 0.1) is 0 Å². The number of hydrogen-bond acceptors (Lipinski definition) is 4. The molecule has 0 saturated carbocycles. The number of carboxylic acids is 1. The normalized spacial score (nSPS) is 18.8. The third-order valence-electron chi connectivity index (χ3n) is 3.54. The van der Waals surface area contributed by atoms with Crippen LogP contribution in [0.5, 0.6) is 11.5 Å². The molecule has 1 atom stereocenters. The highest BCUT2D eigenvalue weighted by Crippen LogP contribution is 2.31. The minimum Gasteiger partial charge on any atom is -0.504 e. The molecule has 1 aliphatic heterocycles. The number of aromatic hydroxyl groups is 2. The number of carbonyl (C=O) groups is 2. The van der Waals surface area contributed by atoms with E-state index < -0.39 is 17.6 Å². The lowest BCUT2D eigenvalue weighted by atomic mass is 9.98. The molecule has 0 spiro atoms. The van der Waals surface area contributed by atoms with Crippen LogP contribution in [0.15, 0.2) is 18.2 Å². The van der Waals surface area contributed by atoms with Crippen molar-refractivity contribution in [1.82, 2.24) is 4.90 Å². The predicted octanol–water partition coefficient (Wildman–Crippen LogP) is 1.57. The van der Waals surface area contributed by atoms with E-state index in [9.17, 15) is 19.8 Å². The quantitative estimate of drug-likeness (QED) is 0.729. The Bertz CT molecular complexity index is 528. The zero-order valence-corrected chi connectivity index (χ0v) is 11.0. The van der Waals surface area contributed by atoms with Crippen molar-refractivity contribution in [3.8, 4) is 11.5 Å². The Balaban J connectivity index is 2.25. The fraction of sp³-hybridized carbons (Fsp3) is 0.429. The maximum absolute atomic E-state index is 12.4. The van der Waals surface area contributed by atoms with Crippen molar-refractivity contribution in [3.63, 3.8) is 0 Å². The van der Waals surface area contributed by atoms with E-state index in [0.29, 0.717) is 13.0 Å². The van der Waals surface area contributed by atoms with Crippen LogP contribution in [0.2, 0.25) is 0 Å². The molecule has 6 nitrogen and oxygen atoms in total. The number of para-hydroxylation sites is 1. The number of likely N-dealkylation sites (tertiary alicyclic amines) is 1. The van der Waals surface area contributed by atoms with Crippen LogP contribution in [0.1, 0.15) is 36.0 Å². The molecule has 1 fully saturated rings. The smallest absolute Gasteiger partial charge is 0.305 e. The molecule has 1 aromatic rings. The summed E-state index contributed by atoms with van der Waals surface area (Å²) in [5.74, 6) is -2.21. The van der Waals surface area contributed by atoms with E-state index in [2.05, 4.69) is 0 Å². The fourth-order valence-corrected chi connectivity index (χ4v) is 2.54. The summed E-state index contributed by atoms with van der Waals surface area (Å²) in [7, 11) is 0. The summed E-state index contributed by atoms with van der Waals surface area (Å²) < 4.78 is 0. The van der Waals surface area contributed by atoms with E-state index in [1.807, 2.05) is 0 Å². The van der Waals surface area contributed by atoms with Gasteiger partial charge in [0.25, 0.3) is 5.91 Å². The molecule has 20 heavy (non-hydrogen) atoms. The van der Waals surface area contributed by atoms with Crippen molar-refractivity contribution in [2.45, 2.75) is 31.7 Å². The molecule has 1 heterocycles. The molecule has 0 aromatic heterocycles. The number of piperidine rings is 1. The summed E-state index contributed by atoms with van der Waals surface area (Å²) in [5.41, 5.74) is 0.00212. The van der Waals surface area contributed by atoms with E-state index in [4.69, 9.17) is 5.11 Å². The number of phenols is 2. The monoisotopic (exact) mass is 279 g/mol. The number of aliphatic carboxylic acids is 1. The number of nitrogens with zero attached hydrogens (tertiary/aromatic N) is 1. The number of carboxylic acid groups (broad SMARTS) is 1. The van der Waals surface area contributed by atoms with Gasteiger partial charge in [-0.15, -0.1) is 0 Å². The summed E-state index contributed by atoms with van der Waals surface area (Å²) in [4.78, 5) is 24.8. The zero-order valence-electron chi connectivity index (χ0n) is 11.0. The van der Waals surface area contributed by atoms with Crippen LogP contribution in [-0.4, -0.2) is 44.7 Å². The molecular weight excluding hydrogens is 262 g/mol. The first-order valence-corrected chi connectivity index (χ1v) is 6.54. The molecule has 1 unspecified atom stereocenters. The lowest BCUT2D eigenvalue weighted by Gasteiger charge is -2.35. The summed E-state index contributed by atoms with van der Waals surface area (Å²) in [6.07, 6.45) is 2.22. The van der Waals surface area contributed by atoms with E-state index in [1.54, 1.807) is 0 Å². The van der Waals surface area contributed by atoms with Gasteiger partial charge in [0.15, 0.2) is 11.5 Å². The van der Waals surface area contributed by atoms with Crippen molar-refractivity contribution in [2.75, 3.05) is 6.54 Å². The highest BCUT2D eigenvalue weighted by atomic mass is 16.4. The van der Waals surface area contributed by atoms with Gasteiger partial charge in [-0.1, -0.05) is 6.07 Å². The third-order valence-corrected chi connectivity index (χ3v) is 3.54. The van der Waals surface area contributed by atoms with Crippen molar-refractivity contribution >= 4 is 11.9 Å². The van der Waals surface area contributed by atoms with Gasteiger partial charge in [0.05, 0.1) is 12.0 Å². The SMILES string of the molecule is O=C(O)CC1CCCCN1C(=O)c1cccc(O)c1O. The van der Waals surface area contributed by atoms with Gasteiger partial charge in [-0.05, 0) is 31.4 Å². The lowest BCUT2D eigenvalue weighted by molar-refractivity contribution is -0.138. The van der Waals surface area contributed by atoms with Crippen LogP contribution in [-0.2, 0) is 4.79 Å². The minimum atomic E-state index is -0.949. The second-order valence-corrected chi connectivity index (χ2v) is 4.92. The molecule has 6 heteroatoms. The van der Waals surface area contributed by atoms with Gasteiger partial charge in [0.2, 0.25) is 0 Å². The van der Waals surface area contributed by atoms with Crippen molar-refractivity contribution in [3.05, 3.63) is 23.8 Å². The first kappa shape index (κ1) is 14.2. The van der Waals surface area contributed by atoms with Crippen molar-refractivity contribution < 1.29 is 24.9 Å². The molecule has 108 valence electrons. The average Bonchev–Trinajstić information content (AvgIpc) is 2.41. The molecule has 3 N–H and O–H groups in total. The Hall–Kier alpha value is -2.24. The molecule has 1 amide bonds. The maximum atomic E-state index is 12.4. The molecule has 2 rings (SSSR count). The Morgan fingerprint density at radius 2 is 2.00 bits per heavy atom. The Labute approximate surface area is 116 Å².